The number of hydrogen-bond donors (Lipinski definition) is 2. The van der Waals surface area contributed by atoms with E-state index in [0.717, 1.165) is 13.1 Å². The van der Waals surface area contributed by atoms with Crippen molar-refractivity contribution in [2.45, 2.75) is 16.7 Å². The first-order chi connectivity index (χ1) is 12.4. The molecule has 0 spiro atoms. The third-order valence-corrected chi connectivity index (χ3v) is 6.30. The summed E-state index contributed by atoms with van der Waals surface area (Å²) in [5, 5.41) is 6.52. The van der Waals surface area contributed by atoms with Gasteiger partial charge in [-0.25, -0.2) is 13.2 Å². The van der Waals surface area contributed by atoms with Crippen LogP contribution in [0.25, 0.3) is 0 Å². The zero-order valence-electron chi connectivity index (χ0n) is 14.3. The van der Waals surface area contributed by atoms with Crippen LogP contribution in [-0.4, -0.2) is 45.5 Å². The Labute approximate surface area is 158 Å². The van der Waals surface area contributed by atoms with Crippen LogP contribution in [0.15, 0.2) is 52.3 Å². The second-order valence-electron chi connectivity index (χ2n) is 6.10. The number of nitrogens with one attached hydrogen (secondary N) is 2. The smallest absolute Gasteiger partial charge is 0.321 e. The van der Waals surface area contributed by atoms with Crippen molar-refractivity contribution in [3.05, 3.63) is 53.1 Å². The highest BCUT2D eigenvalue weighted by atomic mass is 35.5. The molecule has 138 valence electrons. The molecule has 0 radical (unpaired) electrons. The number of hydrogen-bond acceptors (Lipinski definition) is 4. The number of amides is 2. The van der Waals surface area contributed by atoms with Crippen LogP contribution in [0, 0.1) is 6.92 Å². The number of benzene rings is 2. The van der Waals surface area contributed by atoms with Crippen molar-refractivity contribution in [1.29, 1.82) is 0 Å². The van der Waals surface area contributed by atoms with Gasteiger partial charge < -0.3 is 15.5 Å². The minimum absolute atomic E-state index is 0.178. The maximum Gasteiger partial charge on any atom is 0.321 e. The van der Waals surface area contributed by atoms with E-state index in [1.807, 2.05) is 0 Å². The summed E-state index contributed by atoms with van der Waals surface area (Å²) in [6.07, 6.45) is 0. The highest BCUT2D eigenvalue weighted by Crippen LogP contribution is 2.26. The number of nitrogens with zero attached hydrogens (tertiary/aromatic N) is 1. The quantitative estimate of drug-likeness (QED) is 0.840. The molecule has 1 saturated heterocycles. The Morgan fingerprint density at radius 1 is 1.08 bits per heavy atom. The lowest BCUT2D eigenvalue weighted by molar-refractivity contribution is 0.204. The molecule has 0 unspecified atom stereocenters. The van der Waals surface area contributed by atoms with Crippen LogP contribution >= 0.6 is 11.6 Å². The molecular formula is C18H20ClN3O3S. The van der Waals surface area contributed by atoms with Gasteiger partial charge in [-0.3, -0.25) is 0 Å². The number of rotatable bonds is 3. The molecule has 1 heterocycles. The summed E-state index contributed by atoms with van der Waals surface area (Å²) in [6, 6.07) is 10.6. The summed E-state index contributed by atoms with van der Waals surface area (Å²) in [4.78, 5) is 14.4. The average molecular weight is 394 g/mol. The Bertz CT molecular complexity index is 908. The summed E-state index contributed by atoms with van der Waals surface area (Å²) in [6.45, 7) is 4.60. The lowest BCUT2D eigenvalue weighted by Crippen LogP contribution is -2.48. The zero-order chi connectivity index (χ0) is 18.7. The third-order valence-electron chi connectivity index (χ3n) is 4.28. The molecule has 0 atom stereocenters. The molecule has 0 saturated carbocycles. The van der Waals surface area contributed by atoms with Crippen LogP contribution in [0.4, 0.5) is 10.5 Å². The lowest BCUT2D eigenvalue weighted by Gasteiger charge is -2.27. The van der Waals surface area contributed by atoms with Gasteiger partial charge >= 0.3 is 6.03 Å². The van der Waals surface area contributed by atoms with Crippen LogP contribution in [0.5, 0.6) is 0 Å². The summed E-state index contributed by atoms with van der Waals surface area (Å²) in [7, 11) is -3.63. The van der Waals surface area contributed by atoms with Crippen molar-refractivity contribution in [3.8, 4) is 0 Å². The fourth-order valence-corrected chi connectivity index (χ4v) is 4.23. The maximum atomic E-state index is 12.7. The number of piperazine rings is 1. The van der Waals surface area contributed by atoms with Crippen molar-refractivity contribution in [2.24, 2.45) is 0 Å². The van der Waals surface area contributed by atoms with Crippen LogP contribution in [-0.2, 0) is 9.84 Å². The summed E-state index contributed by atoms with van der Waals surface area (Å²) < 4.78 is 25.5. The van der Waals surface area contributed by atoms with Crippen molar-refractivity contribution in [1.82, 2.24) is 10.2 Å². The highest BCUT2D eigenvalue weighted by Gasteiger charge is 2.20. The van der Waals surface area contributed by atoms with Crippen molar-refractivity contribution < 1.29 is 13.2 Å². The standard InChI is InChI=1S/C18H20ClN3O3S/c1-13-12-16(26(24,25)15-4-2-14(19)3-5-15)6-7-17(13)21-18(23)22-10-8-20-9-11-22/h2-7,12,20H,8-11H2,1H3,(H,21,23). The second-order valence-corrected chi connectivity index (χ2v) is 8.49. The Morgan fingerprint density at radius 3 is 2.31 bits per heavy atom. The molecule has 0 aliphatic carbocycles. The topological polar surface area (TPSA) is 78.5 Å². The van der Waals surface area contributed by atoms with E-state index in [1.165, 1.54) is 18.2 Å². The Balaban J connectivity index is 1.80. The van der Waals surface area contributed by atoms with Crippen LogP contribution in [0.2, 0.25) is 5.02 Å². The van der Waals surface area contributed by atoms with Gasteiger partial charge in [0.15, 0.2) is 0 Å². The molecule has 1 fully saturated rings. The number of carbonyl (C=O) groups excluding carboxylic acids is 1. The molecular weight excluding hydrogens is 374 g/mol. The minimum Gasteiger partial charge on any atom is -0.322 e. The van der Waals surface area contributed by atoms with E-state index in [1.54, 1.807) is 36.1 Å². The zero-order valence-corrected chi connectivity index (χ0v) is 15.9. The predicted molar refractivity (Wildman–Crippen MR) is 102 cm³/mol. The minimum atomic E-state index is -3.63. The van der Waals surface area contributed by atoms with E-state index < -0.39 is 9.84 Å². The molecule has 3 rings (SSSR count). The number of carbonyl (C=O) groups is 1. The molecule has 2 N–H and O–H groups in total. The van der Waals surface area contributed by atoms with Gasteiger partial charge in [-0.15, -0.1) is 0 Å². The molecule has 6 nitrogen and oxygen atoms in total. The Kier molecular flexibility index (Phi) is 5.50. The number of halogens is 1. The van der Waals surface area contributed by atoms with Gasteiger partial charge in [0.1, 0.15) is 0 Å². The Morgan fingerprint density at radius 2 is 1.69 bits per heavy atom. The first kappa shape index (κ1) is 18.7. The second kappa shape index (κ2) is 7.65. The van der Waals surface area contributed by atoms with Gasteiger partial charge in [0.05, 0.1) is 9.79 Å². The molecule has 2 aromatic rings. The van der Waals surface area contributed by atoms with Crippen molar-refractivity contribution in [2.75, 3.05) is 31.5 Å². The molecule has 8 heteroatoms. The fraction of sp³-hybridized carbons (Fsp3) is 0.278. The summed E-state index contributed by atoms with van der Waals surface area (Å²) in [5.41, 5.74) is 1.28. The molecule has 0 aromatic heterocycles. The highest BCUT2D eigenvalue weighted by molar-refractivity contribution is 7.91. The van der Waals surface area contributed by atoms with Gasteiger partial charge in [-0.05, 0) is 55.0 Å². The third kappa shape index (κ3) is 4.00. The van der Waals surface area contributed by atoms with Crippen molar-refractivity contribution in [3.63, 3.8) is 0 Å². The Hall–Kier alpha value is -2.09. The average Bonchev–Trinajstić information content (AvgIpc) is 2.64. The van der Waals surface area contributed by atoms with Gasteiger partial charge in [0.25, 0.3) is 0 Å². The molecule has 2 amide bonds. The first-order valence-electron chi connectivity index (χ1n) is 8.26. The summed E-state index contributed by atoms with van der Waals surface area (Å²) >= 11 is 5.82. The SMILES string of the molecule is Cc1cc(S(=O)(=O)c2ccc(Cl)cc2)ccc1NC(=O)N1CCNCC1. The van der Waals surface area contributed by atoms with Crippen LogP contribution in [0.3, 0.4) is 0 Å². The van der Waals surface area contributed by atoms with E-state index in [2.05, 4.69) is 10.6 Å². The van der Waals surface area contributed by atoms with Gasteiger partial charge in [-0.2, -0.15) is 0 Å². The normalized spacial score (nSPS) is 14.9. The number of sulfone groups is 1. The van der Waals surface area contributed by atoms with E-state index in [4.69, 9.17) is 11.6 Å². The van der Waals surface area contributed by atoms with E-state index in [0.29, 0.717) is 29.4 Å². The van der Waals surface area contributed by atoms with E-state index in [-0.39, 0.29) is 15.8 Å². The van der Waals surface area contributed by atoms with Gasteiger partial charge in [-0.1, -0.05) is 11.6 Å². The first-order valence-corrected chi connectivity index (χ1v) is 10.1. The number of anilines is 1. The van der Waals surface area contributed by atoms with Crippen LogP contribution < -0.4 is 10.6 Å². The predicted octanol–water partition coefficient (Wildman–Crippen LogP) is 2.92. The molecule has 2 aromatic carbocycles. The number of aryl methyl sites for hydroxylation is 1. The van der Waals surface area contributed by atoms with Gasteiger partial charge in [0, 0.05) is 36.9 Å². The maximum absolute atomic E-state index is 12.7. The molecule has 1 aliphatic rings. The summed E-state index contributed by atoms with van der Waals surface area (Å²) in [5.74, 6) is 0. The van der Waals surface area contributed by atoms with E-state index >= 15 is 0 Å². The van der Waals surface area contributed by atoms with Gasteiger partial charge in [0.2, 0.25) is 9.84 Å². The fourth-order valence-electron chi connectivity index (χ4n) is 2.76. The molecule has 26 heavy (non-hydrogen) atoms. The number of urea groups is 1. The molecule has 1 aliphatic heterocycles. The molecule has 0 bridgehead atoms. The largest absolute Gasteiger partial charge is 0.322 e. The van der Waals surface area contributed by atoms with Crippen LogP contribution in [0.1, 0.15) is 5.56 Å². The van der Waals surface area contributed by atoms with E-state index in [9.17, 15) is 13.2 Å². The lowest BCUT2D eigenvalue weighted by atomic mass is 10.2. The van der Waals surface area contributed by atoms with Crippen molar-refractivity contribution >= 4 is 33.2 Å². The monoisotopic (exact) mass is 393 g/mol.